The van der Waals surface area contributed by atoms with Gasteiger partial charge in [0.2, 0.25) is 5.91 Å². The van der Waals surface area contributed by atoms with E-state index in [0.29, 0.717) is 10.8 Å². The third kappa shape index (κ3) is 6.45. The second-order valence-corrected chi connectivity index (χ2v) is 19.4. The van der Waals surface area contributed by atoms with E-state index in [1.165, 1.54) is 18.4 Å². The van der Waals surface area contributed by atoms with Gasteiger partial charge >= 0.3 is 5.97 Å². The molecule has 1 heterocycles. The highest BCUT2D eigenvalue weighted by Crippen LogP contribution is 2.42. The summed E-state index contributed by atoms with van der Waals surface area (Å²) in [5.41, 5.74) is 0.749. The number of nitrogens with zero attached hydrogens (tertiary/aromatic N) is 1. The van der Waals surface area contributed by atoms with Crippen LogP contribution in [0.3, 0.4) is 0 Å². The summed E-state index contributed by atoms with van der Waals surface area (Å²) in [5, 5.41) is 0.187. The van der Waals surface area contributed by atoms with Crippen molar-refractivity contribution in [3.8, 4) is 0 Å². The molecule has 2 fully saturated rings. The highest BCUT2D eigenvalue weighted by Gasteiger charge is 2.42. The highest BCUT2D eigenvalue weighted by atomic mass is 127. The number of amides is 1. The molecule has 2 saturated carbocycles. The molecule has 0 radical (unpaired) electrons. The lowest BCUT2D eigenvalue weighted by molar-refractivity contribution is -0.124. The average molecular weight is 620 g/mol. The monoisotopic (exact) mass is 619 g/mol. The number of methoxy groups -OCH3 is 1. The van der Waals surface area contributed by atoms with Crippen LogP contribution in [-0.4, -0.2) is 39.4 Å². The van der Waals surface area contributed by atoms with Crippen LogP contribution in [-0.2, 0) is 14.0 Å². The van der Waals surface area contributed by atoms with Crippen LogP contribution in [0.1, 0.15) is 88.7 Å². The second-order valence-electron chi connectivity index (χ2n) is 11.7. The number of halogens is 1. The van der Waals surface area contributed by atoms with Crippen molar-refractivity contribution in [3.63, 3.8) is 0 Å². The Labute approximate surface area is 224 Å². The predicted octanol–water partition coefficient (Wildman–Crippen LogP) is 7.63. The van der Waals surface area contributed by atoms with E-state index in [0.717, 1.165) is 59.9 Å². The molecule has 192 valence electrons. The fourth-order valence-electron chi connectivity index (χ4n) is 4.98. The fraction of sp³-hybridized carbons (Fsp3) is 0.769. The molecule has 0 unspecified atom stereocenters. The lowest BCUT2D eigenvalue weighted by Gasteiger charge is -2.43. The molecule has 34 heavy (non-hydrogen) atoms. The second kappa shape index (κ2) is 11.3. The number of rotatable bonds is 6. The molecule has 0 saturated heterocycles. The topological polar surface area (TPSA) is 55.8 Å². The summed E-state index contributed by atoms with van der Waals surface area (Å²) in [6, 6.07) is 2.10. The van der Waals surface area contributed by atoms with Gasteiger partial charge in [0.15, 0.2) is 8.32 Å². The van der Waals surface area contributed by atoms with Crippen molar-refractivity contribution in [1.82, 2.24) is 0 Å². The summed E-state index contributed by atoms with van der Waals surface area (Å²) in [6.45, 7) is 13.7. The van der Waals surface area contributed by atoms with Crippen molar-refractivity contribution >= 4 is 59.8 Å². The maximum atomic E-state index is 14.0. The minimum atomic E-state index is -1.83. The summed E-state index contributed by atoms with van der Waals surface area (Å²) in [7, 11) is -0.414. The number of hydrogen-bond donors (Lipinski definition) is 0. The Morgan fingerprint density at radius 2 is 1.65 bits per heavy atom. The van der Waals surface area contributed by atoms with Crippen LogP contribution in [0.5, 0.6) is 0 Å². The lowest BCUT2D eigenvalue weighted by atomic mass is 9.81. The van der Waals surface area contributed by atoms with Crippen LogP contribution in [0.25, 0.3) is 0 Å². The summed E-state index contributed by atoms with van der Waals surface area (Å²) >= 11 is 3.66. The molecule has 3 rings (SSSR count). The van der Waals surface area contributed by atoms with Crippen LogP contribution in [0.4, 0.5) is 5.69 Å². The Morgan fingerprint density at radius 1 is 1.06 bits per heavy atom. The molecule has 2 aliphatic rings. The summed E-state index contributed by atoms with van der Waals surface area (Å²) < 4.78 is 12.8. The van der Waals surface area contributed by atoms with Gasteiger partial charge in [0.1, 0.15) is 4.88 Å². The first-order valence-electron chi connectivity index (χ1n) is 12.7. The maximum absolute atomic E-state index is 14.0. The molecule has 5 nitrogen and oxygen atoms in total. The Hall–Kier alpha value is -0.453. The van der Waals surface area contributed by atoms with Crippen LogP contribution in [0, 0.1) is 14.7 Å². The molecule has 8 heteroatoms. The van der Waals surface area contributed by atoms with Gasteiger partial charge in [-0.1, -0.05) is 27.7 Å². The first-order chi connectivity index (χ1) is 15.8. The van der Waals surface area contributed by atoms with Crippen molar-refractivity contribution in [2.24, 2.45) is 11.8 Å². The van der Waals surface area contributed by atoms with Gasteiger partial charge in [-0.25, -0.2) is 4.79 Å². The molecule has 1 amide bonds. The third-order valence-electron chi connectivity index (χ3n) is 8.19. The molecular weight excluding hydrogens is 577 g/mol. The van der Waals surface area contributed by atoms with E-state index in [4.69, 9.17) is 9.16 Å². The van der Waals surface area contributed by atoms with Crippen LogP contribution >= 0.6 is 33.9 Å². The van der Waals surface area contributed by atoms with E-state index < -0.39 is 8.32 Å². The number of carbonyl (C=O) groups excluding carboxylic acids is 2. The number of thiophene rings is 1. The quantitative estimate of drug-likeness (QED) is 0.187. The van der Waals surface area contributed by atoms with Gasteiger partial charge in [0.25, 0.3) is 0 Å². The zero-order valence-electron chi connectivity index (χ0n) is 21.9. The maximum Gasteiger partial charge on any atom is 0.350 e. The van der Waals surface area contributed by atoms with Gasteiger partial charge in [-0.05, 0) is 104 Å². The molecule has 0 atom stereocenters. The normalized spacial score (nSPS) is 26.2. The fourth-order valence-corrected chi connectivity index (χ4v) is 8.16. The third-order valence-corrected chi connectivity index (χ3v) is 14.6. The molecule has 0 bridgehead atoms. The lowest BCUT2D eigenvalue weighted by Crippen LogP contribution is -2.49. The SMILES string of the molecule is COC(=O)c1sc(I)cc1N(C(=O)C1CCC(C)CC1)C1CCC(O[Si](C)(C)C(C)(C)C)CC1. The highest BCUT2D eigenvalue weighted by molar-refractivity contribution is 14.1. The minimum Gasteiger partial charge on any atom is -0.465 e. The Kier molecular flexibility index (Phi) is 9.34. The zero-order chi connectivity index (χ0) is 25.3. The van der Waals surface area contributed by atoms with Crippen molar-refractivity contribution in [3.05, 3.63) is 13.8 Å². The summed E-state index contributed by atoms with van der Waals surface area (Å²) in [6.07, 6.45) is 8.05. The van der Waals surface area contributed by atoms with E-state index in [1.807, 2.05) is 11.0 Å². The number of ether oxygens (including phenoxy) is 1. The van der Waals surface area contributed by atoms with Gasteiger partial charge in [-0.3, -0.25) is 4.79 Å². The number of hydrogen-bond acceptors (Lipinski definition) is 5. The van der Waals surface area contributed by atoms with E-state index in [1.54, 1.807) is 0 Å². The van der Waals surface area contributed by atoms with Crippen molar-refractivity contribution in [2.45, 2.75) is 109 Å². The minimum absolute atomic E-state index is 0.0421. The molecule has 2 aliphatic carbocycles. The largest absolute Gasteiger partial charge is 0.465 e. The predicted molar refractivity (Wildman–Crippen MR) is 151 cm³/mol. The van der Waals surface area contributed by atoms with Gasteiger partial charge in [0, 0.05) is 18.1 Å². The van der Waals surface area contributed by atoms with E-state index >= 15 is 0 Å². The van der Waals surface area contributed by atoms with Crippen LogP contribution < -0.4 is 4.90 Å². The average Bonchev–Trinajstić information content (AvgIpc) is 3.15. The summed E-state index contributed by atoms with van der Waals surface area (Å²) in [5.74, 6) is 0.571. The van der Waals surface area contributed by atoms with E-state index in [9.17, 15) is 9.59 Å². The molecule has 0 spiro atoms. The van der Waals surface area contributed by atoms with Crippen molar-refractivity contribution < 1.29 is 18.8 Å². The van der Waals surface area contributed by atoms with Gasteiger partial charge in [-0.15, -0.1) is 11.3 Å². The van der Waals surface area contributed by atoms with E-state index in [2.05, 4.69) is 63.4 Å². The smallest absolute Gasteiger partial charge is 0.350 e. The molecule has 0 aliphatic heterocycles. The first kappa shape index (κ1) is 28.1. The zero-order valence-corrected chi connectivity index (χ0v) is 25.9. The number of carbonyl (C=O) groups is 2. The van der Waals surface area contributed by atoms with Gasteiger partial charge in [-0.2, -0.15) is 0 Å². The summed E-state index contributed by atoms with van der Waals surface area (Å²) in [4.78, 5) is 29.1. The van der Waals surface area contributed by atoms with E-state index in [-0.39, 0.29) is 35.0 Å². The first-order valence-corrected chi connectivity index (χ1v) is 17.5. The number of anilines is 1. The van der Waals surface area contributed by atoms with Crippen molar-refractivity contribution in [2.75, 3.05) is 12.0 Å². The molecule has 1 aromatic heterocycles. The molecule has 0 N–H and O–H groups in total. The molecular formula is C26H42INO4SSi. The molecule has 1 aromatic rings. The number of esters is 1. The Morgan fingerprint density at radius 3 is 2.18 bits per heavy atom. The Balaban J connectivity index is 1.83. The molecule has 0 aromatic carbocycles. The van der Waals surface area contributed by atoms with Crippen LogP contribution in [0.2, 0.25) is 18.1 Å². The van der Waals surface area contributed by atoms with Crippen molar-refractivity contribution in [1.29, 1.82) is 0 Å². The van der Waals surface area contributed by atoms with Gasteiger partial charge in [0.05, 0.1) is 15.7 Å². The van der Waals surface area contributed by atoms with Crippen LogP contribution in [0.15, 0.2) is 6.07 Å². The van der Waals surface area contributed by atoms with Gasteiger partial charge < -0.3 is 14.1 Å². The Bertz CT molecular complexity index is 865. The standard InChI is InChI=1S/C26H42INO4SSi/c1-17-8-10-18(11-9-17)24(29)28(21-16-22(27)33-23(21)25(30)31-5)19-12-14-20(15-13-19)32-34(6,7)26(2,3)4/h16-20H,8-15H2,1-7H3.